The largest absolute Gasteiger partial charge is 0.482 e. The fraction of sp³-hybridized carbons (Fsp3) is 0.556. The van der Waals surface area contributed by atoms with Crippen LogP contribution in [0.2, 0.25) is 10.0 Å². The second-order valence-electron chi connectivity index (χ2n) is 6.66. The maximum absolute atomic E-state index is 12.3. The topological polar surface area (TPSA) is 58.6 Å². The van der Waals surface area contributed by atoms with E-state index in [-0.39, 0.29) is 24.3 Å². The third kappa shape index (κ3) is 6.08. The number of amides is 2. The molecule has 1 aromatic rings. The molecule has 0 bridgehead atoms. The normalized spacial score (nSPS) is 15.3. The van der Waals surface area contributed by atoms with Gasteiger partial charge in [-0.25, -0.2) is 0 Å². The van der Waals surface area contributed by atoms with Gasteiger partial charge in [-0.3, -0.25) is 9.59 Å². The fourth-order valence-corrected chi connectivity index (χ4v) is 3.13. The molecule has 138 valence electrons. The Morgan fingerprint density at radius 2 is 1.96 bits per heavy atom. The van der Waals surface area contributed by atoms with Crippen molar-refractivity contribution in [3.8, 4) is 5.75 Å². The Labute approximate surface area is 158 Å². The quantitative estimate of drug-likeness (QED) is 0.814. The second-order valence-corrected chi connectivity index (χ2v) is 7.50. The lowest BCUT2D eigenvalue weighted by atomic mass is 9.95. The Bertz CT molecular complexity index is 614. The molecule has 1 aliphatic heterocycles. The highest BCUT2D eigenvalue weighted by Gasteiger charge is 2.27. The van der Waals surface area contributed by atoms with Gasteiger partial charge in [-0.15, -0.1) is 0 Å². The summed E-state index contributed by atoms with van der Waals surface area (Å²) in [5.74, 6) is 0.830. The number of rotatable bonds is 6. The van der Waals surface area contributed by atoms with Gasteiger partial charge in [0.25, 0.3) is 5.91 Å². The number of benzene rings is 1. The van der Waals surface area contributed by atoms with E-state index in [1.54, 1.807) is 23.1 Å². The molecule has 1 saturated heterocycles. The molecule has 0 unspecified atom stereocenters. The first-order chi connectivity index (χ1) is 11.9. The molecular weight excluding hydrogens is 363 g/mol. The van der Waals surface area contributed by atoms with E-state index in [0.717, 1.165) is 0 Å². The van der Waals surface area contributed by atoms with Crippen LogP contribution in [0.15, 0.2) is 18.2 Å². The minimum Gasteiger partial charge on any atom is -0.482 e. The van der Waals surface area contributed by atoms with E-state index in [0.29, 0.717) is 54.2 Å². The van der Waals surface area contributed by atoms with Crippen molar-refractivity contribution < 1.29 is 14.3 Å². The lowest BCUT2D eigenvalue weighted by molar-refractivity contribution is -0.137. The van der Waals surface area contributed by atoms with Crippen molar-refractivity contribution in [2.24, 2.45) is 11.8 Å². The second kappa shape index (κ2) is 9.30. The van der Waals surface area contributed by atoms with Crippen LogP contribution in [0.1, 0.15) is 26.7 Å². The Hall–Kier alpha value is -1.46. The monoisotopic (exact) mass is 386 g/mol. The molecule has 0 aliphatic carbocycles. The Morgan fingerprint density at radius 3 is 2.56 bits per heavy atom. The first kappa shape index (κ1) is 19.9. The maximum Gasteiger partial charge on any atom is 0.260 e. The predicted octanol–water partition coefficient (Wildman–Crippen LogP) is 3.38. The van der Waals surface area contributed by atoms with Gasteiger partial charge in [0, 0.05) is 30.6 Å². The standard InChI is InChI=1S/C18H24Cl2N2O3/c1-12(2)10-21-18(24)13-5-7-22(8-6-13)17(23)11-25-16-4-3-14(19)9-15(16)20/h3-4,9,12-13H,5-8,10-11H2,1-2H3,(H,21,24). The average molecular weight is 387 g/mol. The van der Waals surface area contributed by atoms with E-state index in [2.05, 4.69) is 19.2 Å². The number of carbonyl (C=O) groups is 2. The molecule has 0 radical (unpaired) electrons. The zero-order valence-corrected chi connectivity index (χ0v) is 16.1. The average Bonchev–Trinajstić information content (AvgIpc) is 2.58. The SMILES string of the molecule is CC(C)CNC(=O)C1CCN(C(=O)COc2ccc(Cl)cc2Cl)CC1. The van der Waals surface area contributed by atoms with Crippen molar-refractivity contribution in [3.05, 3.63) is 28.2 Å². The van der Waals surface area contributed by atoms with Gasteiger partial charge in [0.15, 0.2) is 6.61 Å². The molecule has 1 heterocycles. The molecular formula is C18H24Cl2N2O3. The zero-order chi connectivity index (χ0) is 18.4. The summed E-state index contributed by atoms with van der Waals surface area (Å²) in [6.45, 7) is 5.87. The van der Waals surface area contributed by atoms with Gasteiger partial charge >= 0.3 is 0 Å². The highest BCUT2D eigenvalue weighted by Crippen LogP contribution is 2.27. The summed E-state index contributed by atoms with van der Waals surface area (Å²) in [5, 5.41) is 3.85. The predicted molar refractivity (Wildman–Crippen MR) is 99.1 cm³/mol. The minimum atomic E-state index is -0.105. The van der Waals surface area contributed by atoms with Crippen molar-refractivity contribution in [1.82, 2.24) is 10.2 Å². The number of hydrogen-bond donors (Lipinski definition) is 1. The van der Waals surface area contributed by atoms with Crippen LogP contribution in [0.5, 0.6) is 5.75 Å². The lowest BCUT2D eigenvalue weighted by Gasteiger charge is -2.31. The van der Waals surface area contributed by atoms with E-state index in [1.165, 1.54) is 0 Å². The molecule has 7 heteroatoms. The van der Waals surface area contributed by atoms with Crippen LogP contribution in [0, 0.1) is 11.8 Å². The summed E-state index contributed by atoms with van der Waals surface area (Å²) < 4.78 is 5.48. The van der Waals surface area contributed by atoms with E-state index < -0.39 is 0 Å². The number of halogens is 2. The smallest absolute Gasteiger partial charge is 0.260 e. The van der Waals surface area contributed by atoms with Crippen LogP contribution in [-0.2, 0) is 9.59 Å². The first-order valence-electron chi connectivity index (χ1n) is 8.50. The van der Waals surface area contributed by atoms with Crippen LogP contribution in [0.3, 0.4) is 0 Å². The van der Waals surface area contributed by atoms with E-state index >= 15 is 0 Å². The summed E-state index contributed by atoms with van der Waals surface area (Å²) in [6, 6.07) is 4.88. The molecule has 0 aromatic heterocycles. The van der Waals surface area contributed by atoms with E-state index in [4.69, 9.17) is 27.9 Å². The molecule has 25 heavy (non-hydrogen) atoms. The molecule has 5 nitrogen and oxygen atoms in total. The van der Waals surface area contributed by atoms with Crippen LogP contribution in [0.4, 0.5) is 0 Å². The number of piperidine rings is 1. The van der Waals surface area contributed by atoms with Crippen LogP contribution >= 0.6 is 23.2 Å². The molecule has 0 saturated carbocycles. The number of nitrogens with zero attached hydrogens (tertiary/aromatic N) is 1. The Kier molecular flexibility index (Phi) is 7.38. The van der Waals surface area contributed by atoms with E-state index in [9.17, 15) is 9.59 Å². The molecule has 1 aliphatic rings. The Morgan fingerprint density at radius 1 is 1.28 bits per heavy atom. The number of carbonyl (C=O) groups excluding carboxylic acids is 2. The third-order valence-corrected chi connectivity index (χ3v) is 4.68. The number of nitrogens with one attached hydrogen (secondary N) is 1. The molecule has 2 amide bonds. The highest BCUT2D eigenvalue weighted by molar-refractivity contribution is 6.35. The van der Waals surface area contributed by atoms with Gasteiger partial charge in [0.05, 0.1) is 5.02 Å². The minimum absolute atomic E-state index is 0.0190. The summed E-state index contributed by atoms with van der Waals surface area (Å²) >= 11 is 11.9. The number of hydrogen-bond acceptors (Lipinski definition) is 3. The van der Waals surface area contributed by atoms with Crippen molar-refractivity contribution in [2.45, 2.75) is 26.7 Å². The molecule has 1 aromatic carbocycles. The van der Waals surface area contributed by atoms with Gasteiger partial charge in [-0.1, -0.05) is 37.0 Å². The van der Waals surface area contributed by atoms with E-state index in [1.807, 2.05) is 0 Å². The van der Waals surface area contributed by atoms with Gasteiger partial charge in [0.1, 0.15) is 5.75 Å². The van der Waals surface area contributed by atoms with Crippen LogP contribution < -0.4 is 10.1 Å². The summed E-state index contributed by atoms with van der Waals surface area (Å²) in [5.41, 5.74) is 0. The van der Waals surface area contributed by atoms with Crippen LogP contribution in [-0.4, -0.2) is 43.0 Å². The van der Waals surface area contributed by atoms with Gasteiger partial charge in [-0.2, -0.15) is 0 Å². The first-order valence-corrected chi connectivity index (χ1v) is 9.25. The van der Waals surface area contributed by atoms with Gasteiger partial charge in [-0.05, 0) is 37.0 Å². The number of ether oxygens (including phenoxy) is 1. The molecule has 0 spiro atoms. The fourth-order valence-electron chi connectivity index (χ4n) is 2.66. The van der Waals surface area contributed by atoms with Gasteiger partial charge < -0.3 is 15.0 Å². The summed E-state index contributed by atoms with van der Waals surface area (Å²) in [6.07, 6.45) is 1.36. The maximum atomic E-state index is 12.3. The summed E-state index contributed by atoms with van der Waals surface area (Å²) in [4.78, 5) is 26.1. The van der Waals surface area contributed by atoms with Crippen molar-refractivity contribution in [3.63, 3.8) is 0 Å². The Balaban J connectivity index is 1.76. The summed E-state index contributed by atoms with van der Waals surface area (Å²) in [7, 11) is 0. The molecule has 1 fully saturated rings. The number of likely N-dealkylation sites (tertiary alicyclic amines) is 1. The zero-order valence-electron chi connectivity index (χ0n) is 14.6. The highest BCUT2D eigenvalue weighted by atomic mass is 35.5. The molecule has 2 rings (SSSR count). The van der Waals surface area contributed by atoms with Crippen molar-refractivity contribution in [2.75, 3.05) is 26.2 Å². The lowest BCUT2D eigenvalue weighted by Crippen LogP contribution is -2.45. The molecule has 1 N–H and O–H groups in total. The van der Waals surface area contributed by atoms with Crippen molar-refractivity contribution >= 4 is 35.0 Å². The molecule has 0 atom stereocenters. The third-order valence-electron chi connectivity index (χ3n) is 4.15. The van der Waals surface area contributed by atoms with Crippen LogP contribution in [0.25, 0.3) is 0 Å². The van der Waals surface area contributed by atoms with Crippen molar-refractivity contribution in [1.29, 1.82) is 0 Å². The van der Waals surface area contributed by atoms with Gasteiger partial charge in [0.2, 0.25) is 5.91 Å².